The lowest BCUT2D eigenvalue weighted by Crippen LogP contribution is -2.45. The number of fused-ring (bicyclic) bond motifs is 1. The maximum absolute atomic E-state index is 2.71. The molecule has 0 N–H and O–H groups in total. The summed E-state index contributed by atoms with van der Waals surface area (Å²) in [4.78, 5) is 2.71. The van der Waals surface area contributed by atoms with Gasteiger partial charge in [0, 0.05) is 12.6 Å². The summed E-state index contributed by atoms with van der Waals surface area (Å²) in [7, 11) is 0. The summed E-state index contributed by atoms with van der Waals surface area (Å²) < 4.78 is 0. The Bertz CT molecular complexity index is 420. The first-order valence-electron chi connectivity index (χ1n) is 7.26. The normalized spacial score (nSPS) is 28.6. The molecule has 1 nitrogen and oxygen atoms in total. The van der Waals surface area contributed by atoms with Gasteiger partial charge in [0.1, 0.15) is 0 Å². The van der Waals surface area contributed by atoms with E-state index < -0.39 is 0 Å². The van der Waals surface area contributed by atoms with Crippen molar-refractivity contribution < 1.29 is 0 Å². The van der Waals surface area contributed by atoms with E-state index in [1.54, 1.807) is 5.57 Å². The van der Waals surface area contributed by atoms with Crippen molar-refractivity contribution in [1.82, 2.24) is 4.90 Å². The van der Waals surface area contributed by atoms with Crippen LogP contribution in [0.5, 0.6) is 0 Å². The van der Waals surface area contributed by atoms with E-state index in [0.717, 1.165) is 18.5 Å². The Hall–Kier alpha value is -1.08. The van der Waals surface area contributed by atoms with E-state index in [1.807, 2.05) is 0 Å². The van der Waals surface area contributed by atoms with Gasteiger partial charge >= 0.3 is 0 Å². The van der Waals surface area contributed by atoms with E-state index in [0.29, 0.717) is 0 Å². The minimum Gasteiger partial charge on any atom is -0.296 e. The molecule has 3 rings (SSSR count). The van der Waals surface area contributed by atoms with Gasteiger partial charge in [0.15, 0.2) is 0 Å². The molecule has 2 aliphatic rings. The van der Waals surface area contributed by atoms with E-state index in [1.165, 1.54) is 37.8 Å². The van der Waals surface area contributed by atoms with Gasteiger partial charge in [-0.15, -0.1) is 0 Å². The average Bonchev–Trinajstić information content (AvgIpc) is 2.40. The van der Waals surface area contributed by atoms with Crippen LogP contribution in [0.2, 0.25) is 0 Å². The van der Waals surface area contributed by atoms with Gasteiger partial charge < -0.3 is 0 Å². The van der Waals surface area contributed by atoms with E-state index in [-0.39, 0.29) is 0 Å². The lowest BCUT2D eigenvalue weighted by atomic mass is 9.78. The molecule has 2 atom stereocenters. The van der Waals surface area contributed by atoms with Gasteiger partial charge in [-0.25, -0.2) is 0 Å². The highest BCUT2D eigenvalue weighted by Gasteiger charge is 2.32. The fourth-order valence-corrected chi connectivity index (χ4v) is 3.63. The predicted octanol–water partition coefficient (Wildman–Crippen LogP) is 4.01. The molecule has 1 saturated heterocycles. The van der Waals surface area contributed by atoms with Crippen molar-refractivity contribution in [3.63, 3.8) is 0 Å². The number of piperidine rings is 1. The summed E-state index contributed by atoms with van der Waals surface area (Å²) in [5.74, 6) is 0.910. The zero-order valence-electron chi connectivity index (χ0n) is 11.3. The molecule has 0 bridgehead atoms. The topological polar surface area (TPSA) is 3.24 Å². The van der Waals surface area contributed by atoms with Gasteiger partial charge in [0.25, 0.3) is 0 Å². The molecule has 0 unspecified atom stereocenters. The first-order valence-corrected chi connectivity index (χ1v) is 7.26. The van der Waals surface area contributed by atoms with Gasteiger partial charge in [-0.2, -0.15) is 0 Å². The molecule has 18 heavy (non-hydrogen) atoms. The highest BCUT2D eigenvalue weighted by molar-refractivity contribution is 5.16. The second kappa shape index (κ2) is 5.27. The Morgan fingerprint density at radius 1 is 1.22 bits per heavy atom. The molecule has 96 valence electrons. The number of rotatable bonds is 2. The van der Waals surface area contributed by atoms with Crippen LogP contribution in [0.1, 0.15) is 38.2 Å². The second-order valence-corrected chi connectivity index (χ2v) is 5.92. The Labute approximate surface area is 111 Å². The molecule has 1 aliphatic heterocycles. The third kappa shape index (κ3) is 2.51. The maximum atomic E-state index is 2.71. The van der Waals surface area contributed by atoms with Gasteiger partial charge in [-0.1, -0.05) is 42.0 Å². The van der Waals surface area contributed by atoms with Crippen LogP contribution < -0.4 is 0 Å². The summed E-state index contributed by atoms with van der Waals surface area (Å²) in [6.07, 6.45) is 7.87. The number of likely N-dealkylation sites (tertiary alicyclic amines) is 1. The van der Waals surface area contributed by atoms with Crippen LogP contribution in [0.4, 0.5) is 0 Å². The van der Waals surface area contributed by atoms with Crippen LogP contribution in [0.3, 0.4) is 0 Å². The molecule has 0 spiro atoms. The maximum Gasteiger partial charge on any atom is 0.0236 e. The smallest absolute Gasteiger partial charge is 0.0236 e. The number of hydrogen-bond donors (Lipinski definition) is 0. The molecule has 1 fully saturated rings. The molecule has 1 heteroatoms. The molecule has 0 radical (unpaired) electrons. The van der Waals surface area contributed by atoms with Crippen LogP contribution in [-0.4, -0.2) is 17.5 Å². The number of allylic oxidation sites excluding steroid dienone is 1. The van der Waals surface area contributed by atoms with Gasteiger partial charge in [-0.3, -0.25) is 4.90 Å². The summed E-state index contributed by atoms with van der Waals surface area (Å²) in [6, 6.07) is 11.7. The van der Waals surface area contributed by atoms with Crippen molar-refractivity contribution in [2.24, 2.45) is 5.92 Å². The average molecular weight is 241 g/mol. The van der Waals surface area contributed by atoms with Crippen LogP contribution in [0, 0.1) is 5.92 Å². The first kappa shape index (κ1) is 12.0. The highest BCUT2D eigenvalue weighted by Crippen LogP contribution is 2.35. The fourth-order valence-electron chi connectivity index (χ4n) is 3.63. The molecule has 1 aromatic rings. The number of benzene rings is 1. The van der Waals surface area contributed by atoms with Crippen LogP contribution >= 0.6 is 0 Å². The molecule has 1 aromatic carbocycles. The minimum atomic E-state index is 0.794. The van der Waals surface area contributed by atoms with Crippen molar-refractivity contribution in [3.8, 4) is 0 Å². The molecule has 1 heterocycles. The van der Waals surface area contributed by atoms with Crippen molar-refractivity contribution in [2.45, 2.75) is 45.2 Å². The van der Waals surface area contributed by atoms with Crippen molar-refractivity contribution >= 4 is 0 Å². The quantitative estimate of drug-likeness (QED) is 0.707. The largest absolute Gasteiger partial charge is 0.296 e. The van der Waals surface area contributed by atoms with E-state index in [2.05, 4.69) is 48.2 Å². The van der Waals surface area contributed by atoms with Crippen LogP contribution in [0.15, 0.2) is 42.0 Å². The monoisotopic (exact) mass is 241 g/mol. The predicted molar refractivity (Wildman–Crippen MR) is 76.4 cm³/mol. The van der Waals surface area contributed by atoms with Gasteiger partial charge in [0.2, 0.25) is 0 Å². The lowest BCUT2D eigenvalue weighted by Gasteiger charge is -2.43. The summed E-state index contributed by atoms with van der Waals surface area (Å²) >= 11 is 0. The Morgan fingerprint density at radius 2 is 2.06 bits per heavy atom. The molecular formula is C17H23N. The molecule has 0 aromatic heterocycles. The zero-order valence-corrected chi connectivity index (χ0v) is 11.3. The summed E-state index contributed by atoms with van der Waals surface area (Å²) in [6.45, 7) is 4.71. The summed E-state index contributed by atoms with van der Waals surface area (Å²) in [5.41, 5.74) is 3.07. The minimum absolute atomic E-state index is 0.794. The highest BCUT2D eigenvalue weighted by atomic mass is 15.2. The number of nitrogens with zero attached hydrogens (tertiary/aromatic N) is 1. The number of hydrogen-bond acceptors (Lipinski definition) is 1. The lowest BCUT2D eigenvalue weighted by molar-refractivity contribution is 0.0813. The third-order valence-corrected chi connectivity index (χ3v) is 4.55. The first-order chi connectivity index (χ1) is 8.83. The zero-order chi connectivity index (χ0) is 12.4. The summed E-state index contributed by atoms with van der Waals surface area (Å²) in [5, 5.41) is 0. The second-order valence-electron chi connectivity index (χ2n) is 5.92. The SMILES string of the molecule is CC1=CC[C@@H]2[C@H](CCCN2Cc2ccccc2)C1. The molecule has 0 amide bonds. The Balaban J connectivity index is 1.72. The molecular weight excluding hydrogens is 218 g/mol. The van der Waals surface area contributed by atoms with Crippen molar-refractivity contribution in [2.75, 3.05) is 6.54 Å². The van der Waals surface area contributed by atoms with Crippen molar-refractivity contribution in [1.29, 1.82) is 0 Å². The molecule has 0 saturated carbocycles. The van der Waals surface area contributed by atoms with Crippen LogP contribution in [0.25, 0.3) is 0 Å². The van der Waals surface area contributed by atoms with Crippen molar-refractivity contribution in [3.05, 3.63) is 47.5 Å². The Morgan fingerprint density at radius 3 is 2.89 bits per heavy atom. The Kier molecular flexibility index (Phi) is 3.51. The third-order valence-electron chi connectivity index (χ3n) is 4.55. The fraction of sp³-hybridized carbons (Fsp3) is 0.529. The van der Waals surface area contributed by atoms with E-state index >= 15 is 0 Å². The van der Waals surface area contributed by atoms with E-state index in [4.69, 9.17) is 0 Å². The molecule has 1 aliphatic carbocycles. The van der Waals surface area contributed by atoms with Gasteiger partial charge in [0.05, 0.1) is 0 Å². The standard InChI is InChI=1S/C17H23N/c1-14-9-10-17-16(12-14)8-5-11-18(17)13-15-6-3-2-4-7-15/h2-4,6-7,9,16-17H,5,8,10-13H2,1H3/t16-,17-/m1/s1. The van der Waals surface area contributed by atoms with Gasteiger partial charge in [-0.05, 0) is 50.6 Å². The van der Waals surface area contributed by atoms with E-state index in [9.17, 15) is 0 Å². The van der Waals surface area contributed by atoms with Crippen LogP contribution in [-0.2, 0) is 6.54 Å².